The van der Waals surface area contributed by atoms with E-state index in [0.717, 1.165) is 16.3 Å². The molecule has 3 heterocycles. The Bertz CT molecular complexity index is 2650. The second-order valence-corrected chi connectivity index (χ2v) is 16.8. The highest BCUT2D eigenvalue weighted by Crippen LogP contribution is 2.48. The number of amides is 1. The van der Waals surface area contributed by atoms with Crippen LogP contribution in [0.1, 0.15) is 99.0 Å². The Labute approximate surface area is 374 Å². The van der Waals surface area contributed by atoms with Gasteiger partial charge >= 0.3 is 0 Å². The van der Waals surface area contributed by atoms with E-state index in [0.29, 0.717) is 30.8 Å². The first-order chi connectivity index (χ1) is 31.3. The second-order valence-electron chi connectivity index (χ2n) is 16.8. The second kappa shape index (κ2) is 19.7. The average molecular weight is 890 g/mol. The van der Waals surface area contributed by atoms with Crippen molar-refractivity contribution in [3.05, 3.63) is 112 Å². The minimum absolute atomic E-state index is 0.00728. The number of aliphatic hydroxyl groups is 2. The molecule has 1 saturated heterocycles. The molecule has 0 saturated carbocycles. The Balaban J connectivity index is 0.766. The zero-order valence-electron chi connectivity index (χ0n) is 36.1. The van der Waals surface area contributed by atoms with E-state index in [-0.39, 0.29) is 104 Å². The van der Waals surface area contributed by atoms with Crippen molar-refractivity contribution in [3.63, 3.8) is 0 Å². The van der Waals surface area contributed by atoms with Gasteiger partial charge in [0.1, 0.15) is 17.1 Å². The molecule has 8 rings (SSSR count). The highest BCUT2D eigenvalue weighted by atomic mass is 16.7. The summed E-state index contributed by atoms with van der Waals surface area (Å²) in [6.07, 6.45) is -0.833. The van der Waals surface area contributed by atoms with Crippen LogP contribution in [0.3, 0.4) is 0 Å². The molecule has 6 atom stereocenters. The summed E-state index contributed by atoms with van der Waals surface area (Å²) in [5, 5.41) is 38.6. The molecule has 6 unspecified atom stereocenters. The molecule has 3 aromatic carbocycles. The van der Waals surface area contributed by atoms with E-state index >= 15 is 0 Å². The largest absolute Gasteiger partial charge is 0.507 e. The first-order valence-corrected chi connectivity index (χ1v) is 21.8. The molecule has 65 heavy (non-hydrogen) atoms. The summed E-state index contributed by atoms with van der Waals surface area (Å²) in [6.45, 7) is 4.76. The van der Waals surface area contributed by atoms with Crippen LogP contribution in [0, 0.1) is 5.92 Å². The van der Waals surface area contributed by atoms with Crippen molar-refractivity contribution in [2.24, 2.45) is 5.92 Å². The van der Waals surface area contributed by atoms with E-state index in [4.69, 9.17) is 23.7 Å². The van der Waals surface area contributed by atoms with Crippen LogP contribution in [0.5, 0.6) is 5.75 Å². The number of aliphatic hydroxyl groups excluding tert-OH is 1. The summed E-state index contributed by atoms with van der Waals surface area (Å²) < 4.78 is 29.2. The summed E-state index contributed by atoms with van der Waals surface area (Å²) in [6, 6.07) is 16.9. The highest BCUT2D eigenvalue weighted by molar-refractivity contribution is 6.29. The Morgan fingerprint density at radius 2 is 1.54 bits per heavy atom. The van der Waals surface area contributed by atoms with E-state index < -0.39 is 59.2 Å². The summed E-state index contributed by atoms with van der Waals surface area (Å²) in [4.78, 5) is 74.9. The molecule has 16 nitrogen and oxygen atoms in total. The number of hydrogen-bond donors (Lipinski definition) is 4. The van der Waals surface area contributed by atoms with Crippen LogP contribution in [-0.4, -0.2) is 125 Å². The van der Waals surface area contributed by atoms with Gasteiger partial charge in [-0.15, -0.1) is 0 Å². The summed E-state index contributed by atoms with van der Waals surface area (Å²) in [5.41, 5.74) is 0.611. The van der Waals surface area contributed by atoms with E-state index in [1.165, 1.54) is 25.1 Å². The number of carbonyl (C=O) groups is 5. The number of aromatic nitrogens is 2. The van der Waals surface area contributed by atoms with E-state index in [1.54, 1.807) is 37.5 Å². The van der Waals surface area contributed by atoms with E-state index in [9.17, 15) is 39.3 Å². The molecule has 0 spiro atoms. The number of hydrogen-bond acceptors (Lipinski definition) is 15. The lowest BCUT2D eigenvalue weighted by Gasteiger charge is -2.42. The molecule has 2 aromatic heterocycles. The SMILES string of the molecule is CC(=O)C1(O)Cc2cc3c(c(O)c2C(OC2CC(CC(=O)CCOCCOCCOCCNC(=O)c4cc5cccnc5c5ncccc45)C(O)C(C)O2)C1)C(=O)c1ccccc1C3=O. The maximum Gasteiger partial charge on any atom is 0.252 e. The number of phenolic OH excluding ortho intramolecular Hbond substituents is 1. The molecule has 1 amide bonds. The van der Waals surface area contributed by atoms with Crippen molar-refractivity contribution in [2.75, 3.05) is 46.2 Å². The van der Waals surface area contributed by atoms with Crippen LogP contribution in [0.4, 0.5) is 0 Å². The van der Waals surface area contributed by atoms with E-state index in [2.05, 4.69) is 15.3 Å². The first-order valence-electron chi connectivity index (χ1n) is 21.8. The van der Waals surface area contributed by atoms with Crippen LogP contribution in [-0.2, 0) is 39.7 Å². The molecule has 2 aliphatic carbocycles. The molecule has 1 fully saturated rings. The lowest BCUT2D eigenvalue weighted by atomic mass is 9.72. The van der Waals surface area contributed by atoms with Gasteiger partial charge in [-0.3, -0.25) is 33.9 Å². The van der Waals surface area contributed by atoms with Gasteiger partial charge in [0.2, 0.25) is 0 Å². The molecular weight excluding hydrogens is 839 g/mol. The molecule has 5 aromatic rings. The van der Waals surface area contributed by atoms with Gasteiger partial charge in [-0.2, -0.15) is 0 Å². The lowest BCUT2D eigenvalue weighted by Crippen LogP contribution is -2.48. The number of ether oxygens (including phenoxy) is 5. The number of ketones is 4. The zero-order valence-corrected chi connectivity index (χ0v) is 36.1. The minimum atomic E-state index is -1.90. The molecule has 0 radical (unpaired) electrons. The van der Waals surface area contributed by atoms with Gasteiger partial charge in [0, 0.05) is 89.6 Å². The van der Waals surface area contributed by atoms with Crippen molar-refractivity contribution in [1.29, 1.82) is 0 Å². The number of carbonyl (C=O) groups excluding carboxylic acids is 5. The van der Waals surface area contributed by atoms with Gasteiger partial charge in [-0.05, 0) is 49.6 Å². The van der Waals surface area contributed by atoms with Gasteiger partial charge in [0.05, 0.1) is 74.6 Å². The average Bonchev–Trinajstić information content (AvgIpc) is 3.29. The fourth-order valence-corrected chi connectivity index (χ4v) is 9.03. The molecule has 4 N–H and O–H groups in total. The monoisotopic (exact) mass is 889 g/mol. The Kier molecular flexibility index (Phi) is 13.9. The number of phenols is 1. The fraction of sp³-hybridized carbons (Fsp3) is 0.408. The Morgan fingerprint density at radius 3 is 2.28 bits per heavy atom. The lowest BCUT2D eigenvalue weighted by molar-refractivity contribution is -0.257. The zero-order chi connectivity index (χ0) is 45.8. The summed E-state index contributed by atoms with van der Waals surface area (Å²) in [5.74, 6) is -2.95. The Hall–Kier alpha value is -5.85. The number of benzene rings is 3. The normalized spacial score (nSPS) is 22.6. The van der Waals surface area contributed by atoms with Crippen LogP contribution < -0.4 is 5.32 Å². The molecular formula is C49H51N3O13. The van der Waals surface area contributed by atoms with Crippen LogP contribution >= 0.6 is 0 Å². The highest BCUT2D eigenvalue weighted by Gasteiger charge is 2.47. The number of aromatic hydroxyl groups is 1. The number of nitrogens with zero attached hydrogens (tertiary/aromatic N) is 2. The third-order valence-electron chi connectivity index (χ3n) is 12.4. The summed E-state index contributed by atoms with van der Waals surface area (Å²) >= 11 is 0. The molecule has 1 aliphatic heterocycles. The molecule has 3 aliphatic rings. The Morgan fingerprint density at radius 1 is 0.862 bits per heavy atom. The predicted molar refractivity (Wildman–Crippen MR) is 234 cm³/mol. The maximum atomic E-state index is 13.6. The van der Waals surface area contributed by atoms with Gasteiger partial charge in [-0.25, -0.2) is 0 Å². The van der Waals surface area contributed by atoms with Gasteiger partial charge in [-0.1, -0.05) is 36.4 Å². The fourth-order valence-electron chi connectivity index (χ4n) is 9.03. The van der Waals surface area contributed by atoms with Crippen LogP contribution in [0.25, 0.3) is 21.8 Å². The quantitative estimate of drug-likeness (QED) is 0.0687. The predicted octanol–water partition coefficient (Wildman–Crippen LogP) is 4.53. The molecule has 0 bridgehead atoms. The van der Waals surface area contributed by atoms with Crippen molar-refractivity contribution in [3.8, 4) is 5.75 Å². The number of Topliss-reactive ketones (excluding diaryl/α,β-unsaturated/α-hetero) is 2. The summed E-state index contributed by atoms with van der Waals surface area (Å²) in [7, 11) is 0. The van der Waals surface area contributed by atoms with E-state index in [1.807, 2.05) is 24.3 Å². The smallest absolute Gasteiger partial charge is 0.252 e. The standard InChI is InChI=1S/C49H51N3O13/c1-27-44(55)30(21-32(54)11-15-61-17-19-63-20-18-62-16-14-52-48(59)36-22-29-7-5-12-50-42(29)43-33(36)10-6-13-51-43)24-39(64-27)65-38-26-49(60,28(2)53)25-31-23-37-41(47(58)40(31)38)46(57)35-9-4-3-8-34(35)45(37)56/h3-10,12-13,22-23,27,30,38-39,44,55,58,60H,11,14-21,24-26H2,1-2H3,(H,52,59). The number of pyridine rings is 2. The molecule has 16 heteroatoms. The maximum absolute atomic E-state index is 13.6. The third-order valence-corrected chi connectivity index (χ3v) is 12.4. The third kappa shape index (κ3) is 9.61. The number of rotatable bonds is 18. The number of nitrogens with one attached hydrogen (secondary N) is 1. The first kappa shape index (κ1) is 45.7. The van der Waals surface area contributed by atoms with Crippen molar-refractivity contribution >= 4 is 50.8 Å². The van der Waals surface area contributed by atoms with Gasteiger partial charge in [0.25, 0.3) is 5.91 Å². The van der Waals surface area contributed by atoms with Crippen LogP contribution in [0.15, 0.2) is 73.1 Å². The van der Waals surface area contributed by atoms with Gasteiger partial charge < -0.3 is 44.3 Å². The van der Waals surface area contributed by atoms with Crippen LogP contribution in [0.2, 0.25) is 0 Å². The van der Waals surface area contributed by atoms with Crippen molar-refractivity contribution < 1.29 is 63.0 Å². The topological polar surface area (TPSA) is 230 Å². The van der Waals surface area contributed by atoms with Crippen molar-refractivity contribution in [2.45, 2.75) is 76.2 Å². The minimum Gasteiger partial charge on any atom is -0.507 e. The van der Waals surface area contributed by atoms with Gasteiger partial charge in [0.15, 0.2) is 23.6 Å². The molecule has 340 valence electrons. The van der Waals surface area contributed by atoms with Crippen molar-refractivity contribution in [1.82, 2.24) is 15.3 Å². The number of fused-ring (bicyclic) bond motifs is 6.